The van der Waals surface area contributed by atoms with Gasteiger partial charge < -0.3 is 18.8 Å². The fourth-order valence-electron chi connectivity index (χ4n) is 2.66. The van der Waals surface area contributed by atoms with Crippen molar-refractivity contribution in [3.63, 3.8) is 0 Å². The van der Waals surface area contributed by atoms with Crippen LogP contribution < -0.4 is 0 Å². The van der Waals surface area contributed by atoms with Crippen LogP contribution in [0.5, 0.6) is 0 Å². The Hall–Kier alpha value is -1.43. The van der Waals surface area contributed by atoms with Crippen molar-refractivity contribution < 1.29 is 14.2 Å². The molecule has 0 aromatic carbocycles. The molecule has 0 atom stereocenters. The number of nitrogens with zero attached hydrogens (tertiary/aromatic N) is 2. The highest BCUT2D eigenvalue weighted by atomic mass is 16.7. The van der Waals surface area contributed by atoms with Crippen LogP contribution in [0, 0.1) is 0 Å². The summed E-state index contributed by atoms with van der Waals surface area (Å²) in [6.07, 6.45) is 3.48. The van der Waals surface area contributed by atoms with Crippen molar-refractivity contribution in [1.29, 1.82) is 0 Å². The third-order valence-electron chi connectivity index (χ3n) is 4.74. The van der Waals surface area contributed by atoms with Crippen LogP contribution in [0.25, 0.3) is 11.0 Å². The minimum absolute atomic E-state index is 0.341. The van der Waals surface area contributed by atoms with Gasteiger partial charge in [-0.1, -0.05) is 0 Å². The Morgan fingerprint density at radius 3 is 2.50 bits per heavy atom. The Morgan fingerprint density at radius 1 is 1.18 bits per heavy atom. The average molecular weight is 304 g/mol. The van der Waals surface area contributed by atoms with E-state index >= 15 is 0 Å². The van der Waals surface area contributed by atoms with E-state index in [-0.39, 0.29) is 17.5 Å². The smallest absolute Gasteiger partial charge is 0.186 e. The summed E-state index contributed by atoms with van der Waals surface area (Å²) in [6.45, 7) is 9.70. The van der Waals surface area contributed by atoms with Gasteiger partial charge in [0.05, 0.1) is 17.8 Å². The maximum absolute atomic E-state index is 6.16. The molecule has 0 unspecified atom stereocenters. The lowest BCUT2D eigenvalue weighted by molar-refractivity contribution is -0.0886. The third kappa shape index (κ3) is 2.43. The average Bonchev–Trinajstić information content (AvgIpc) is 2.95. The molecule has 0 N–H and O–H groups in total. The van der Waals surface area contributed by atoms with Crippen LogP contribution in [0.3, 0.4) is 0 Å². The van der Waals surface area contributed by atoms with Gasteiger partial charge in [0.2, 0.25) is 0 Å². The molecule has 2 aromatic rings. The van der Waals surface area contributed by atoms with Crippen molar-refractivity contribution in [3.8, 4) is 0 Å². The largest absolute Gasteiger partial charge is 0.383 e. The summed E-state index contributed by atoms with van der Waals surface area (Å²) < 4.78 is 19.6. The highest BCUT2D eigenvalue weighted by Crippen LogP contribution is 2.45. The lowest BCUT2D eigenvalue weighted by atomic mass is 9.90. The van der Waals surface area contributed by atoms with Gasteiger partial charge >= 0.3 is 0 Å². The molecule has 5 heteroatoms. The van der Waals surface area contributed by atoms with E-state index in [2.05, 4.69) is 43.3 Å². The summed E-state index contributed by atoms with van der Waals surface area (Å²) in [5.41, 5.74) is 1.28. The van der Waals surface area contributed by atoms with Gasteiger partial charge in [-0.25, -0.2) is 4.98 Å². The molecule has 0 saturated carbocycles. The normalized spacial score (nSPS) is 20.8. The molecular formula is C17H24N2O3. The van der Waals surface area contributed by atoms with Crippen molar-refractivity contribution in [2.24, 2.45) is 0 Å². The van der Waals surface area contributed by atoms with Crippen LogP contribution >= 0.6 is 0 Å². The molecule has 120 valence electrons. The molecule has 22 heavy (non-hydrogen) atoms. The first kappa shape index (κ1) is 15.5. The molecule has 0 amide bonds. The van der Waals surface area contributed by atoms with Crippen LogP contribution in [-0.2, 0) is 20.8 Å². The van der Waals surface area contributed by atoms with Gasteiger partial charge in [0.15, 0.2) is 6.29 Å². The fourth-order valence-corrected chi connectivity index (χ4v) is 2.66. The van der Waals surface area contributed by atoms with Gasteiger partial charge in [0, 0.05) is 37.0 Å². The summed E-state index contributed by atoms with van der Waals surface area (Å²) >= 11 is 0. The molecule has 1 saturated heterocycles. The Morgan fingerprint density at radius 2 is 1.86 bits per heavy atom. The molecule has 1 fully saturated rings. The second kappa shape index (κ2) is 5.33. The molecule has 2 aromatic heterocycles. The van der Waals surface area contributed by atoms with E-state index in [4.69, 9.17) is 14.2 Å². The lowest BCUT2D eigenvalue weighted by Gasteiger charge is -2.30. The molecule has 0 radical (unpaired) electrons. The van der Waals surface area contributed by atoms with E-state index < -0.39 is 0 Å². The predicted octanol–water partition coefficient (Wildman–Crippen LogP) is 3.29. The first-order valence-electron chi connectivity index (χ1n) is 7.64. The molecule has 1 aliphatic heterocycles. The van der Waals surface area contributed by atoms with Gasteiger partial charge in [-0.15, -0.1) is 0 Å². The number of aromatic nitrogens is 2. The first-order chi connectivity index (χ1) is 10.4. The van der Waals surface area contributed by atoms with Crippen molar-refractivity contribution >= 4 is 11.0 Å². The molecule has 0 spiro atoms. The van der Waals surface area contributed by atoms with E-state index in [9.17, 15) is 0 Å². The summed E-state index contributed by atoms with van der Waals surface area (Å²) in [7, 11) is 1.70. The molecule has 1 aliphatic rings. The Kier molecular flexibility index (Phi) is 3.75. The van der Waals surface area contributed by atoms with E-state index in [0.717, 1.165) is 23.1 Å². The van der Waals surface area contributed by atoms with Gasteiger partial charge in [0.1, 0.15) is 5.65 Å². The summed E-state index contributed by atoms with van der Waals surface area (Å²) in [5.74, 6) is 0. The topological polar surface area (TPSA) is 45.5 Å². The SMILES string of the molecule is COCCn1ccc2c(C3OC(C)(C)C(C)(C)O3)ccnc21. The predicted molar refractivity (Wildman–Crippen MR) is 84.7 cm³/mol. The van der Waals surface area contributed by atoms with Gasteiger partial charge in [-0.05, 0) is 39.8 Å². The van der Waals surface area contributed by atoms with E-state index in [1.807, 2.05) is 18.5 Å². The van der Waals surface area contributed by atoms with Crippen molar-refractivity contribution in [3.05, 3.63) is 30.1 Å². The molecular weight excluding hydrogens is 280 g/mol. The highest BCUT2D eigenvalue weighted by molar-refractivity contribution is 5.80. The quantitative estimate of drug-likeness (QED) is 0.869. The Labute approximate surface area is 131 Å². The number of ether oxygens (including phenoxy) is 3. The number of rotatable bonds is 4. The number of hydrogen-bond donors (Lipinski definition) is 0. The molecule has 0 aliphatic carbocycles. The van der Waals surface area contributed by atoms with Crippen LogP contribution in [0.1, 0.15) is 39.5 Å². The van der Waals surface area contributed by atoms with Crippen LogP contribution in [0.15, 0.2) is 24.5 Å². The summed E-state index contributed by atoms with van der Waals surface area (Å²) in [6, 6.07) is 4.05. The first-order valence-corrected chi connectivity index (χ1v) is 7.64. The zero-order chi connectivity index (χ0) is 16.0. The number of pyridine rings is 1. The molecule has 3 heterocycles. The minimum atomic E-state index is -0.367. The van der Waals surface area contributed by atoms with Gasteiger partial charge in [-0.2, -0.15) is 0 Å². The van der Waals surface area contributed by atoms with E-state index in [0.29, 0.717) is 6.61 Å². The summed E-state index contributed by atoms with van der Waals surface area (Å²) in [4.78, 5) is 4.50. The van der Waals surface area contributed by atoms with Crippen molar-refractivity contribution in [2.45, 2.75) is 51.7 Å². The zero-order valence-corrected chi connectivity index (χ0v) is 13.9. The number of fused-ring (bicyclic) bond motifs is 1. The van der Waals surface area contributed by atoms with Crippen molar-refractivity contribution in [1.82, 2.24) is 9.55 Å². The van der Waals surface area contributed by atoms with E-state index in [1.54, 1.807) is 7.11 Å². The second-order valence-electron chi connectivity index (χ2n) is 6.73. The number of hydrogen-bond acceptors (Lipinski definition) is 4. The number of methoxy groups -OCH3 is 1. The Balaban J connectivity index is 1.97. The second-order valence-corrected chi connectivity index (χ2v) is 6.73. The molecule has 5 nitrogen and oxygen atoms in total. The monoisotopic (exact) mass is 304 g/mol. The maximum Gasteiger partial charge on any atom is 0.186 e. The standard InChI is InChI=1S/C17H24N2O3/c1-16(2)17(3,4)22-15(21-16)13-6-8-18-14-12(13)7-9-19(14)10-11-20-5/h6-9,15H,10-11H2,1-5H3. The third-order valence-corrected chi connectivity index (χ3v) is 4.74. The molecule has 3 rings (SSSR count). The minimum Gasteiger partial charge on any atom is -0.383 e. The Bertz CT molecular complexity index is 660. The van der Waals surface area contributed by atoms with Crippen LogP contribution in [0.2, 0.25) is 0 Å². The van der Waals surface area contributed by atoms with E-state index in [1.165, 1.54) is 0 Å². The molecule has 0 bridgehead atoms. The fraction of sp³-hybridized carbons (Fsp3) is 0.588. The van der Waals surface area contributed by atoms with Crippen LogP contribution in [0.4, 0.5) is 0 Å². The summed E-state index contributed by atoms with van der Waals surface area (Å²) in [5, 5.41) is 1.07. The van der Waals surface area contributed by atoms with Crippen molar-refractivity contribution in [2.75, 3.05) is 13.7 Å². The van der Waals surface area contributed by atoms with Crippen LogP contribution in [-0.4, -0.2) is 34.5 Å². The highest BCUT2D eigenvalue weighted by Gasteiger charge is 2.49. The lowest BCUT2D eigenvalue weighted by Crippen LogP contribution is -2.41. The maximum atomic E-state index is 6.16. The van der Waals surface area contributed by atoms with Gasteiger partial charge in [-0.3, -0.25) is 0 Å². The zero-order valence-electron chi connectivity index (χ0n) is 13.9. The van der Waals surface area contributed by atoms with Gasteiger partial charge in [0.25, 0.3) is 0 Å².